The Bertz CT molecular complexity index is 1270. The van der Waals surface area contributed by atoms with Gasteiger partial charge in [0.1, 0.15) is 30.5 Å². The van der Waals surface area contributed by atoms with Crippen LogP contribution in [0.25, 0.3) is 0 Å². The van der Waals surface area contributed by atoms with Crippen molar-refractivity contribution >= 4 is 5.97 Å². The average Bonchev–Trinajstić information content (AvgIpc) is 3.65. The van der Waals surface area contributed by atoms with Crippen LogP contribution in [0.15, 0.2) is 0 Å². The van der Waals surface area contributed by atoms with Crippen LogP contribution in [0.3, 0.4) is 0 Å². The summed E-state index contributed by atoms with van der Waals surface area (Å²) in [6, 6.07) is 0. The van der Waals surface area contributed by atoms with E-state index in [4.69, 9.17) is 18.9 Å². The first-order valence-electron chi connectivity index (χ1n) is 18.5. The molecule has 0 aromatic heterocycles. The molecule has 5 aliphatic carbocycles. The lowest BCUT2D eigenvalue weighted by Crippen LogP contribution is -2.60. The predicted molar refractivity (Wildman–Crippen MR) is 174 cm³/mol. The minimum absolute atomic E-state index is 0.0409. The number of carbonyl (C=O) groups excluding carboxylic acids is 1. The Kier molecular flexibility index (Phi) is 8.39. The fourth-order valence-corrected chi connectivity index (χ4v) is 12.7. The monoisotopic (exact) mass is 675 g/mol. The summed E-state index contributed by atoms with van der Waals surface area (Å²) in [6.45, 7) is 16.3. The van der Waals surface area contributed by atoms with Gasteiger partial charge in [0.25, 0.3) is 0 Å². The SMILES string of the molecule is CCC(=O)OC([C]1C[C@@H](C)[C@H]2[C](O1)[C@H](O)[C@@]1(C)[C]3CC[C@H]4C(C)(C)C(O[C@@H]5OC[C@@H](O)[C@H](O)[C@H]5O)CC[C@@]45C[C@@]35CC[C@]21C)C(C)(C)O. The van der Waals surface area contributed by atoms with Gasteiger partial charge >= 0.3 is 5.97 Å². The molecule has 7 aliphatic rings. The second-order valence-electron chi connectivity index (χ2n) is 18.2. The average molecular weight is 676 g/mol. The van der Waals surface area contributed by atoms with Gasteiger partial charge in [0.05, 0.1) is 24.4 Å². The number of hydrogen-bond donors (Lipinski definition) is 5. The Morgan fingerprint density at radius 1 is 1.04 bits per heavy atom. The van der Waals surface area contributed by atoms with E-state index in [2.05, 4.69) is 34.6 Å². The van der Waals surface area contributed by atoms with Crippen molar-refractivity contribution in [1.82, 2.24) is 0 Å². The molecule has 10 nitrogen and oxygen atoms in total. The minimum Gasteiger partial charge on any atom is -0.456 e. The van der Waals surface area contributed by atoms with Crippen molar-refractivity contribution in [3.8, 4) is 0 Å². The molecule has 2 spiro atoms. The third-order valence-corrected chi connectivity index (χ3v) is 15.2. The van der Waals surface area contributed by atoms with Gasteiger partial charge in [0, 0.05) is 17.8 Å². The number of fused-ring (bicyclic) bond motifs is 4. The van der Waals surface area contributed by atoms with Crippen molar-refractivity contribution < 1.29 is 49.3 Å². The van der Waals surface area contributed by atoms with Crippen LogP contribution in [-0.4, -0.2) is 86.6 Å². The molecular formula is C38H59O10. The molecule has 10 heteroatoms. The van der Waals surface area contributed by atoms with Crippen LogP contribution in [0.4, 0.5) is 0 Å². The van der Waals surface area contributed by atoms with E-state index in [1.807, 2.05) is 0 Å². The first-order chi connectivity index (χ1) is 22.3. The largest absolute Gasteiger partial charge is 0.456 e. The van der Waals surface area contributed by atoms with E-state index >= 15 is 0 Å². The van der Waals surface area contributed by atoms with Gasteiger partial charge in [-0.2, -0.15) is 0 Å². The van der Waals surface area contributed by atoms with E-state index in [0.717, 1.165) is 44.9 Å². The molecule has 48 heavy (non-hydrogen) atoms. The summed E-state index contributed by atoms with van der Waals surface area (Å²) in [5.41, 5.74) is -2.07. The van der Waals surface area contributed by atoms with Crippen LogP contribution in [0.1, 0.15) is 113 Å². The van der Waals surface area contributed by atoms with Crippen LogP contribution in [0.5, 0.6) is 0 Å². The van der Waals surface area contributed by atoms with Crippen LogP contribution < -0.4 is 0 Å². The number of hydrogen-bond acceptors (Lipinski definition) is 10. The molecule has 3 radical (unpaired) electrons. The third kappa shape index (κ3) is 4.61. The number of ether oxygens (including phenoxy) is 4. The van der Waals surface area contributed by atoms with Crippen molar-refractivity contribution in [3.63, 3.8) is 0 Å². The molecule has 7 fully saturated rings. The molecule has 2 heterocycles. The maximum absolute atomic E-state index is 12.5. The lowest BCUT2D eigenvalue weighted by Gasteiger charge is -2.63. The third-order valence-electron chi connectivity index (χ3n) is 15.2. The number of rotatable bonds is 6. The summed E-state index contributed by atoms with van der Waals surface area (Å²) >= 11 is 0. The second-order valence-corrected chi connectivity index (χ2v) is 18.2. The Labute approximate surface area is 286 Å². The van der Waals surface area contributed by atoms with Crippen molar-refractivity contribution in [2.24, 2.45) is 44.8 Å². The highest BCUT2D eigenvalue weighted by Gasteiger charge is 2.85. The van der Waals surface area contributed by atoms with Crippen LogP contribution in [0, 0.1) is 63.0 Å². The zero-order valence-corrected chi connectivity index (χ0v) is 30.1. The van der Waals surface area contributed by atoms with Gasteiger partial charge in [0.15, 0.2) is 12.4 Å². The molecular weight excluding hydrogens is 616 g/mol. The molecule has 271 valence electrons. The molecule has 2 aliphatic heterocycles. The highest BCUT2D eigenvalue weighted by atomic mass is 16.7. The van der Waals surface area contributed by atoms with Crippen LogP contribution in [-0.2, 0) is 23.7 Å². The summed E-state index contributed by atoms with van der Waals surface area (Å²) < 4.78 is 24.5. The highest BCUT2D eigenvalue weighted by molar-refractivity contribution is 5.69. The Balaban J connectivity index is 1.14. The highest BCUT2D eigenvalue weighted by Crippen LogP contribution is 2.90. The maximum Gasteiger partial charge on any atom is 0.305 e. The zero-order chi connectivity index (χ0) is 35.0. The fourth-order valence-electron chi connectivity index (χ4n) is 12.7. The smallest absolute Gasteiger partial charge is 0.305 e. The van der Waals surface area contributed by atoms with Crippen LogP contribution in [0.2, 0.25) is 0 Å². The Hall–Kier alpha value is -0.850. The standard InChI is InChI=1S/C38H59O10/c1-9-25(40)48-31(34(5,6)44)21-16-19(2)26-29(46-21)30(43)36(8)23-11-10-22-33(3,4)24(47-32-28(42)27(41)20(39)17-45-32)12-13-37(22)18-38(23,37)15-14-35(26,36)7/h19-20,22,24,26-28,30-32,39,41-44H,9-18H2,1-8H3/t19-,20-,22+,24?,26+,27+,28-,30+,31?,32+,35-,36-,37-,38+/m1/s1. The molecule has 0 aromatic rings. The van der Waals surface area contributed by atoms with E-state index in [-0.39, 0.29) is 52.6 Å². The molecule has 2 unspecified atom stereocenters. The van der Waals surface area contributed by atoms with Gasteiger partial charge in [-0.05, 0) is 105 Å². The summed E-state index contributed by atoms with van der Waals surface area (Å²) in [5.74, 6) is 1.67. The van der Waals surface area contributed by atoms with Crippen molar-refractivity contribution in [1.29, 1.82) is 0 Å². The summed E-state index contributed by atoms with van der Waals surface area (Å²) in [6.07, 6.45) is 2.22. The van der Waals surface area contributed by atoms with E-state index in [1.165, 1.54) is 5.92 Å². The summed E-state index contributed by atoms with van der Waals surface area (Å²) in [5, 5.41) is 54.4. The van der Waals surface area contributed by atoms with E-state index in [1.54, 1.807) is 20.8 Å². The van der Waals surface area contributed by atoms with Gasteiger partial charge in [-0.1, -0.05) is 41.5 Å². The molecule has 5 saturated carbocycles. The number of aliphatic hydroxyl groups is 5. The minimum atomic E-state index is -1.34. The normalized spacial score (nSPS) is 51.1. The van der Waals surface area contributed by atoms with Crippen molar-refractivity contribution in [2.45, 2.75) is 162 Å². The van der Waals surface area contributed by atoms with E-state index in [9.17, 15) is 30.3 Å². The first kappa shape index (κ1) is 35.5. The molecule has 0 amide bonds. The Morgan fingerprint density at radius 2 is 1.75 bits per heavy atom. The predicted octanol–water partition coefficient (Wildman–Crippen LogP) is 4.00. The van der Waals surface area contributed by atoms with Crippen molar-refractivity contribution in [2.75, 3.05) is 6.61 Å². The molecule has 0 aromatic carbocycles. The van der Waals surface area contributed by atoms with Gasteiger partial charge < -0.3 is 44.5 Å². The number of esters is 1. The van der Waals surface area contributed by atoms with E-state index in [0.29, 0.717) is 24.5 Å². The molecule has 2 saturated heterocycles. The van der Waals surface area contributed by atoms with Gasteiger partial charge in [0.2, 0.25) is 0 Å². The summed E-state index contributed by atoms with van der Waals surface area (Å²) in [7, 11) is 0. The zero-order valence-electron chi connectivity index (χ0n) is 30.1. The lowest BCUT2D eigenvalue weighted by atomic mass is 9.41. The Morgan fingerprint density at radius 3 is 2.42 bits per heavy atom. The van der Waals surface area contributed by atoms with Crippen LogP contribution >= 0.6 is 0 Å². The van der Waals surface area contributed by atoms with Gasteiger partial charge in [-0.3, -0.25) is 4.79 Å². The number of aliphatic hydroxyl groups excluding tert-OH is 4. The quantitative estimate of drug-likeness (QED) is 0.206. The lowest BCUT2D eigenvalue weighted by molar-refractivity contribution is -0.301. The fraction of sp³-hybridized carbons (Fsp3) is 0.895. The number of carbonyl (C=O) groups is 1. The first-order valence-corrected chi connectivity index (χ1v) is 18.5. The molecule has 14 atom stereocenters. The van der Waals surface area contributed by atoms with Gasteiger partial charge in [-0.15, -0.1) is 0 Å². The topological polar surface area (TPSA) is 155 Å². The van der Waals surface area contributed by atoms with E-state index < -0.39 is 53.8 Å². The summed E-state index contributed by atoms with van der Waals surface area (Å²) in [4.78, 5) is 12.4. The molecule has 5 N–H and O–H groups in total. The second kappa shape index (κ2) is 11.3. The molecule has 7 rings (SSSR count). The maximum atomic E-state index is 12.5. The molecule has 0 bridgehead atoms. The van der Waals surface area contributed by atoms with Gasteiger partial charge in [-0.25, -0.2) is 0 Å². The van der Waals surface area contributed by atoms with Crippen molar-refractivity contribution in [3.05, 3.63) is 18.1 Å².